The van der Waals surface area contributed by atoms with Crippen LogP contribution >= 0.6 is 11.3 Å². The SMILES string of the molecule is CC1CCCN(C(=O)CC[C@@H](NC(=O)c2csc(-c3ccccc3)n2)C(=O)O)C1. The molecule has 0 radical (unpaired) electrons. The number of likely N-dealkylation sites (tertiary alicyclic amines) is 1. The van der Waals surface area contributed by atoms with Gasteiger partial charge in [-0.3, -0.25) is 9.59 Å². The summed E-state index contributed by atoms with van der Waals surface area (Å²) in [4.78, 5) is 42.5. The van der Waals surface area contributed by atoms with Gasteiger partial charge in [0.1, 0.15) is 16.7 Å². The van der Waals surface area contributed by atoms with E-state index in [1.807, 2.05) is 30.3 Å². The topological polar surface area (TPSA) is 99.6 Å². The number of hydrogen-bond acceptors (Lipinski definition) is 5. The van der Waals surface area contributed by atoms with Crippen molar-refractivity contribution in [3.63, 3.8) is 0 Å². The number of piperidine rings is 1. The van der Waals surface area contributed by atoms with Gasteiger partial charge in [-0.05, 0) is 25.2 Å². The zero-order chi connectivity index (χ0) is 20.8. The molecule has 1 saturated heterocycles. The van der Waals surface area contributed by atoms with Crippen molar-refractivity contribution >= 4 is 29.1 Å². The van der Waals surface area contributed by atoms with Crippen molar-refractivity contribution < 1.29 is 19.5 Å². The van der Waals surface area contributed by atoms with Gasteiger partial charge < -0.3 is 15.3 Å². The van der Waals surface area contributed by atoms with Gasteiger partial charge in [0.15, 0.2) is 0 Å². The minimum Gasteiger partial charge on any atom is -0.480 e. The second-order valence-corrected chi connectivity index (χ2v) is 8.25. The molecule has 1 aliphatic rings. The highest BCUT2D eigenvalue weighted by Crippen LogP contribution is 2.23. The minimum atomic E-state index is -1.16. The lowest BCUT2D eigenvalue weighted by molar-refractivity contribution is -0.139. The van der Waals surface area contributed by atoms with Crippen LogP contribution in [0.1, 0.15) is 43.1 Å². The Labute approximate surface area is 173 Å². The maximum Gasteiger partial charge on any atom is 0.326 e. The van der Waals surface area contributed by atoms with Gasteiger partial charge in [-0.25, -0.2) is 9.78 Å². The Hall–Kier alpha value is -2.74. The molecule has 1 aromatic carbocycles. The molecule has 2 N–H and O–H groups in total. The van der Waals surface area contributed by atoms with Crippen LogP contribution in [0.15, 0.2) is 35.7 Å². The summed E-state index contributed by atoms with van der Waals surface area (Å²) < 4.78 is 0. The summed E-state index contributed by atoms with van der Waals surface area (Å²) >= 11 is 1.32. The molecule has 29 heavy (non-hydrogen) atoms. The molecule has 1 unspecified atom stereocenters. The Bertz CT molecular complexity index is 868. The average molecular weight is 416 g/mol. The monoisotopic (exact) mass is 415 g/mol. The number of thiazole rings is 1. The van der Waals surface area contributed by atoms with Gasteiger partial charge in [0.25, 0.3) is 5.91 Å². The Balaban J connectivity index is 1.57. The zero-order valence-electron chi connectivity index (χ0n) is 16.3. The Kier molecular flexibility index (Phi) is 6.98. The molecule has 2 amide bonds. The summed E-state index contributed by atoms with van der Waals surface area (Å²) in [5.74, 6) is -1.30. The number of nitrogens with one attached hydrogen (secondary N) is 1. The van der Waals surface area contributed by atoms with Gasteiger partial charge >= 0.3 is 5.97 Å². The molecule has 0 aliphatic carbocycles. The van der Waals surface area contributed by atoms with Crippen LogP contribution in [-0.4, -0.2) is 51.9 Å². The van der Waals surface area contributed by atoms with Crippen molar-refractivity contribution in [3.05, 3.63) is 41.4 Å². The maximum atomic E-state index is 12.5. The molecule has 8 heteroatoms. The van der Waals surface area contributed by atoms with E-state index in [-0.39, 0.29) is 24.4 Å². The largest absolute Gasteiger partial charge is 0.480 e. The summed E-state index contributed by atoms with van der Waals surface area (Å²) in [6, 6.07) is 8.33. The maximum absolute atomic E-state index is 12.5. The first kappa shape index (κ1) is 21.0. The van der Waals surface area contributed by atoms with Crippen LogP contribution in [0, 0.1) is 5.92 Å². The fourth-order valence-electron chi connectivity index (χ4n) is 3.42. The van der Waals surface area contributed by atoms with E-state index in [0.717, 1.165) is 18.4 Å². The van der Waals surface area contributed by atoms with Crippen molar-refractivity contribution in [2.24, 2.45) is 5.92 Å². The van der Waals surface area contributed by atoms with E-state index in [9.17, 15) is 19.5 Å². The first-order valence-electron chi connectivity index (χ1n) is 9.76. The number of benzene rings is 1. The summed E-state index contributed by atoms with van der Waals surface area (Å²) in [6.45, 7) is 3.54. The fraction of sp³-hybridized carbons (Fsp3) is 0.429. The molecule has 1 aromatic heterocycles. The minimum absolute atomic E-state index is 0.0560. The predicted octanol–water partition coefficient (Wildman–Crippen LogP) is 3.03. The quantitative estimate of drug-likeness (QED) is 0.724. The van der Waals surface area contributed by atoms with Crippen molar-refractivity contribution in [1.29, 1.82) is 0 Å². The normalized spacial score (nSPS) is 17.6. The number of hydrogen-bond donors (Lipinski definition) is 2. The highest BCUT2D eigenvalue weighted by atomic mass is 32.1. The standard InChI is InChI=1S/C21H25N3O4S/c1-14-6-5-11-24(12-14)18(25)10-9-16(21(27)28)22-19(26)17-13-29-20(23-17)15-7-3-2-4-8-15/h2-4,7-8,13-14,16H,5-6,9-12H2,1H3,(H,22,26)(H,27,28)/t14?,16-/m1/s1. The molecule has 0 bridgehead atoms. The molecule has 3 rings (SSSR count). The van der Waals surface area contributed by atoms with E-state index in [1.165, 1.54) is 11.3 Å². The average Bonchev–Trinajstić information content (AvgIpc) is 3.21. The number of rotatable bonds is 7. The fourth-order valence-corrected chi connectivity index (χ4v) is 4.23. The van der Waals surface area contributed by atoms with Gasteiger partial charge in [0.05, 0.1) is 0 Å². The third-order valence-corrected chi connectivity index (χ3v) is 5.91. The molecule has 1 aliphatic heterocycles. The number of carbonyl (C=O) groups is 3. The van der Waals surface area contributed by atoms with Crippen LogP contribution in [-0.2, 0) is 9.59 Å². The predicted molar refractivity (Wildman–Crippen MR) is 111 cm³/mol. The highest BCUT2D eigenvalue weighted by molar-refractivity contribution is 7.13. The molecule has 2 atom stereocenters. The third-order valence-electron chi connectivity index (χ3n) is 5.02. The van der Waals surface area contributed by atoms with Crippen LogP contribution in [0.3, 0.4) is 0 Å². The molecule has 7 nitrogen and oxygen atoms in total. The van der Waals surface area contributed by atoms with Gasteiger partial charge in [0, 0.05) is 30.5 Å². The summed E-state index contributed by atoms with van der Waals surface area (Å²) in [6.07, 6.45) is 2.23. The van der Waals surface area contributed by atoms with E-state index < -0.39 is 17.9 Å². The van der Waals surface area contributed by atoms with Crippen LogP contribution in [0.5, 0.6) is 0 Å². The van der Waals surface area contributed by atoms with Crippen molar-refractivity contribution in [3.8, 4) is 10.6 Å². The summed E-state index contributed by atoms with van der Waals surface area (Å²) in [5.41, 5.74) is 1.07. The summed E-state index contributed by atoms with van der Waals surface area (Å²) in [5, 5.41) is 14.3. The Morgan fingerprint density at radius 2 is 2.07 bits per heavy atom. The van der Waals surface area contributed by atoms with E-state index in [2.05, 4.69) is 17.2 Å². The molecule has 2 aromatic rings. The summed E-state index contributed by atoms with van der Waals surface area (Å²) in [7, 11) is 0. The highest BCUT2D eigenvalue weighted by Gasteiger charge is 2.26. The van der Waals surface area contributed by atoms with E-state index in [4.69, 9.17) is 0 Å². The van der Waals surface area contributed by atoms with Crippen LogP contribution < -0.4 is 5.32 Å². The molecule has 154 valence electrons. The lowest BCUT2D eigenvalue weighted by Gasteiger charge is -2.31. The molecular weight excluding hydrogens is 390 g/mol. The number of carbonyl (C=O) groups excluding carboxylic acids is 2. The lowest BCUT2D eigenvalue weighted by atomic mass is 9.99. The van der Waals surface area contributed by atoms with Crippen molar-refractivity contribution in [1.82, 2.24) is 15.2 Å². The molecule has 1 fully saturated rings. The van der Waals surface area contributed by atoms with Gasteiger partial charge in [-0.15, -0.1) is 11.3 Å². The third kappa shape index (κ3) is 5.63. The van der Waals surface area contributed by atoms with Crippen LogP contribution in [0.25, 0.3) is 10.6 Å². The Morgan fingerprint density at radius 3 is 2.76 bits per heavy atom. The number of aliphatic carboxylic acids is 1. The zero-order valence-corrected chi connectivity index (χ0v) is 17.2. The van der Waals surface area contributed by atoms with Crippen molar-refractivity contribution in [2.75, 3.05) is 13.1 Å². The van der Waals surface area contributed by atoms with Crippen LogP contribution in [0.4, 0.5) is 0 Å². The molecule has 2 heterocycles. The molecule has 0 spiro atoms. The number of carboxylic acids is 1. The second kappa shape index (κ2) is 9.65. The first-order chi connectivity index (χ1) is 13.9. The van der Waals surface area contributed by atoms with Gasteiger partial charge in [-0.2, -0.15) is 0 Å². The number of amides is 2. The Morgan fingerprint density at radius 1 is 1.31 bits per heavy atom. The van der Waals surface area contributed by atoms with Gasteiger partial charge in [-0.1, -0.05) is 37.3 Å². The van der Waals surface area contributed by atoms with E-state index in [1.54, 1.807) is 10.3 Å². The molecular formula is C21H25N3O4S. The molecule has 0 saturated carbocycles. The first-order valence-corrected chi connectivity index (χ1v) is 10.6. The number of nitrogens with zero attached hydrogens (tertiary/aromatic N) is 2. The number of aromatic nitrogens is 1. The van der Waals surface area contributed by atoms with Crippen molar-refractivity contribution in [2.45, 2.75) is 38.6 Å². The van der Waals surface area contributed by atoms with E-state index in [0.29, 0.717) is 24.0 Å². The number of carboxylic acid groups (broad SMARTS) is 1. The smallest absolute Gasteiger partial charge is 0.326 e. The van der Waals surface area contributed by atoms with E-state index >= 15 is 0 Å². The van der Waals surface area contributed by atoms with Gasteiger partial charge in [0.2, 0.25) is 5.91 Å². The van der Waals surface area contributed by atoms with Crippen LogP contribution in [0.2, 0.25) is 0 Å². The lowest BCUT2D eigenvalue weighted by Crippen LogP contribution is -2.43. The second-order valence-electron chi connectivity index (χ2n) is 7.39.